The quantitative estimate of drug-likeness (QED) is 0.193. The lowest BCUT2D eigenvalue weighted by Gasteiger charge is -2.24. The van der Waals surface area contributed by atoms with Crippen LogP contribution in [-0.2, 0) is 0 Å². The number of hydrogen-bond donors (Lipinski definition) is 2. The van der Waals surface area contributed by atoms with E-state index in [0.717, 1.165) is 12.2 Å². The molecule has 3 aromatic heterocycles. The van der Waals surface area contributed by atoms with Gasteiger partial charge in [0.1, 0.15) is 23.8 Å². The van der Waals surface area contributed by atoms with Crippen LogP contribution in [0, 0.1) is 0 Å². The first-order valence-corrected chi connectivity index (χ1v) is 13.7. The first kappa shape index (κ1) is 27.2. The smallest absolute Gasteiger partial charge is 0.339 e. The molecular weight excluding hydrogens is 532 g/mol. The molecule has 0 aliphatic heterocycles. The molecule has 1 atom stereocenters. The third kappa shape index (κ3) is 5.47. The standard InChI is InChI=1S/C31H32N8O3/c1-36(21-11-12-21)18-6-10-27(40)37(2)23-7-5-8-24(19-23)39-30-28(29(32)34-20-35-30)38(31(39)41)22-13-15-25(16-14-22)42-26-9-3-4-17-33-26/h3-10,13-17,19-21,27,40H,11-12,18H2,1-2H3,(H2,32,34,35)/b10-6+. The highest BCUT2D eigenvalue weighted by molar-refractivity contribution is 5.85. The van der Waals surface area contributed by atoms with Crippen LogP contribution in [0.2, 0.25) is 0 Å². The number of aliphatic hydroxyl groups excluding tert-OH is 1. The van der Waals surface area contributed by atoms with Gasteiger partial charge in [-0.1, -0.05) is 18.2 Å². The third-order valence-corrected chi connectivity index (χ3v) is 7.37. The minimum atomic E-state index is -0.837. The summed E-state index contributed by atoms with van der Waals surface area (Å²) in [5.41, 5.74) is 8.56. The molecule has 214 valence electrons. The number of likely N-dealkylation sites (N-methyl/N-ethyl adjacent to an activating group) is 2. The summed E-state index contributed by atoms with van der Waals surface area (Å²) in [5.74, 6) is 1.21. The number of ether oxygens (including phenoxy) is 1. The molecule has 0 radical (unpaired) electrons. The fourth-order valence-corrected chi connectivity index (χ4v) is 4.86. The van der Waals surface area contributed by atoms with Gasteiger partial charge in [0.05, 0.1) is 11.4 Å². The van der Waals surface area contributed by atoms with E-state index < -0.39 is 6.23 Å². The molecule has 1 saturated carbocycles. The van der Waals surface area contributed by atoms with Gasteiger partial charge in [-0.2, -0.15) is 0 Å². The molecule has 0 spiro atoms. The van der Waals surface area contributed by atoms with E-state index in [-0.39, 0.29) is 11.5 Å². The van der Waals surface area contributed by atoms with E-state index in [1.807, 2.05) is 42.5 Å². The predicted molar refractivity (Wildman–Crippen MR) is 162 cm³/mol. The lowest BCUT2D eigenvalue weighted by atomic mass is 10.2. The molecule has 6 rings (SSSR count). The van der Waals surface area contributed by atoms with Crippen molar-refractivity contribution in [3.8, 4) is 23.0 Å². The number of aliphatic hydroxyl groups is 1. The molecule has 3 N–H and O–H groups in total. The molecule has 1 fully saturated rings. The van der Waals surface area contributed by atoms with Crippen LogP contribution in [0.25, 0.3) is 22.5 Å². The number of aromatic nitrogens is 5. The molecule has 0 amide bonds. The average Bonchev–Trinajstić information content (AvgIpc) is 3.81. The molecule has 2 aromatic carbocycles. The van der Waals surface area contributed by atoms with Crippen LogP contribution in [-0.4, -0.2) is 67.0 Å². The highest BCUT2D eigenvalue weighted by Crippen LogP contribution is 2.27. The summed E-state index contributed by atoms with van der Waals surface area (Å²) in [4.78, 5) is 30.8. The van der Waals surface area contributed by atoms with Crippen LogP contribution < -0.4 is 21.1 Å². The monoisotopic (exact) mass is 564 g/mol. The van der Waals surface area contributed by atoms with Crippen LogP contribution in [0.3, 0.4) is 0 Å². The van der Waals surface area contributed by atoms with Gasteiger partial charge in [-0.25, -0.2) is 24.3 Å². The molecule has 5 aromatic rings. The number of nitrogen functional groups attached to an aromatic ring is 1. The third-order valence-electron chi connectivity index (χ3n) is 7.37. The van der Waals surface area contributed by atoms with Crippen LogP contribution >= 0.6 is 0 Å². The molecule has 1 unspecified atom stereocenters. The van der Waals surface area contributed by atoms with Crippen molar-refractivity contribution in [1.29, 1.82) is 0 Å². The minimum Gasteiger partial charge on any atom is -0.439 e. The predicted octanol–water partition coefficient (Wildman–Crippen LogP) is 3.75. The summed E-state index contributed by atoms with van der Waals surface area (Å²) < 4.78 is 8.79. The van der Waals surface area contributed by atoms with E-state index in [9.17, 15) is 9.90 Å². The van der Waals surface area contributed by atoms with Crippen molar-refractivity contribution >= 4 is 22.7 Å². The van der Waals surface area contributed by atoms with Gasteiger partial charge in [-0.05, 0) is 74.5 Å². The maximum Gasteiger partial charge on any atom is 0.339 e. The Morgan fingerprint density at radius 2 is 1.83 bits per heavy atom. The maximum absolute atomic E-state index is 14.0. The van der Waals surface area contributed by atoms with Gasteiger partial charge in [0.15, 0.2) is 11.5 Å². The summed E-state index contributed by atoms with van der Waals surface area (Å²) in [6.45, 7) is 0.780. The SMILES string of the molecule is CN(C/C=C/C(O)N(C)c1cccc(-n2c(=O)n(-c3ccc(Oc4ccccn4)cc3)c3c(N)ncnc32)c1)C1CC1. The Labute approximate surface area is 242 Å². The normalized spacial score (nSPS) is 14.1. The van der Waals surface area contributed by atoms with E-state index in [4.69, 9.17) is 10.5 Å². The Hall–Kier alpha value is -5.00. The molecule has 0 bridgehead atoms. The zero-order valence-electron chi connectivity index (χ0n) is 23.4. The second-order valence-electron chi connectivity index (χ2n) is 10.3. The number of pyridine rings is 1. The number of imidazole rings is 1. The van der Waals surface area contributed by atoms with Gasteiger partial charge in [0.25, 0.3) is 0 Å². The number of hydrogen-bond acceptors (Lipinski definition) is 9. The van der Waals surface area contributed by atoms with E-state index in [1.165, 1.54) is 28.3 Å². The zero-order valence-corrected chi connectivity index (χ0v) is 23.4. The molecule has 0 saturated heterocycles. The second-order valence-corrected chi connectivity index (χ2v) is 10.3. The zero-order chi connectivity index (χ0) is 29.2. The number of benzene rings is 2. The highest BCUT2D eigenvalue weighted by atomic mass is 16.5. The van der Waals surface area contributed by atoms with Crippen molar-refractivity contribution in [2.24, 2.45) is 0 Å². The molecule has 1 aliphatic carbocycles. The van der Waals surface area contributed by atoms with Crippen molar-refractivity contribution in [3.63, 3.8) is 0 Å². The molecule has 1 aliphatic rings. The van der Waals surface area contributed by atoms with Crippen LogP contribution in [0.4, 0.5) is 11.5 Å². The van der Waals surface area contributed by atoms with Crippen LogP contribution in [0.1, 0.15) is 12.8 Å². The first-order valence-electron chi connectivity index (χ1n) is 13.7. The topological polar surface area (TPSA) is 128 Å². The summed E-state index contributed by atoms with van der Waals surface area (Å²) >= 11 is 0. The van der Waals surface area contributed by atoms with Crippen molar-refractivity contribution in [3.05, 3.63) is 102 Å². The summed E-state index contributed by atoms with van der Waals surface area (Å²) in [5, 5.41) is 10.8. The number of nitrogens with two attached hydrogens (primary N) is 1. The first-order chi connectivity index (χ1) is 20.4. The molecule has 11 heteroatoms. The van der Waals surface area contributed by atoms with Gasteiger partial charge in [-0.3, -0.25) is 9.47 Å². The number of anilines is 2. The van der Waals surface area contributed by atoms with Crippen molar-refractivity contribution in [2.45, 2.75) is 25.1 Å². The average molecular weight is 565 g/mol. The van der Waals surface area contributed by atoms with Crippen LogP contribution in [0.5, 0.6) is 11.6 Å². The summed E-state index contributed by atoms with van der Waals surface area (Å²) in [6, 6.07) is 20.5. The summed E-state index contributed by atoms with van der Waals surface area (Å²) in [7, 11) is 3.90. The molecule has 11 nitrogen and oxygen atoms in total. The van der Waals surface area contributed by atoms with Gasteiger partial charge < -0.3 is 20.5 Å². The number of fused-ring (bicyclic) bond motifs is 1. The van der Waals surface area contributed by atoms with E-state index in [1.54, 1.807) is 54.6 Å². The highest BCUT2D eigenvalue weighted by Gasteiger charge is 2.25. The van der Waals surface area contributed by atoms with E-state index in [2.05, 4.69) is 26.9 Å². The van der Waals surface area contributed by atoms with Crippen molar-refractivity contribution in [2.75, 3.05) is 31.3 Å². The summed E-state index contributed by atoms with van der Waals surface area (Å²) in [6.07, 6.45) is 8.38. The number of rotatable bonds is 10. The fourth-order valence-electron chi connectivity index (χ4n) is 4.86. The van der Waals surface area contributed by atoms with E-state index in [0.29, 0.717) is 40.2 Å². The van der Waals surface area contributed by atoms with Crippen molar-refractivity contribution < 1.29 is 9.84 Å². The lowest BCUT2D eigenvalue weighted by Crippen LogP contribution is -2.30. The Morgan fingerprint density at radius 3 is 2.57 bits per heavy atom. The Kier molecular flexibility index (Phi) is 7.43. The van der Waals surface area contributed by atoms with Gasteiger partial charge in [0.2, 0.25) is 5.88 Å². The Morgan fingerprint density at radius 1 is 1.02 bits per heavy atom. The largest absolute Gasteiger partial charge is 0.439 e. The molecule has 3 heterocycles. The lowest BCUT2D eigenvalue weighted by molar-refractivity contribution is 0.222. The van der Waals surface area contributed by atoms with Gasteiger partial charge in [0, 0.05) is 37.6 Å². The number of nitrogens with zero attached hydrogens (tertiary/aromatic N) is 7. The van der Waals surface area contributed by atoms with E-state index >= 15 is 0 Å². The van der Waals surface area contributed by atoms with Crippen molar-refractivity contribution in [1.82, 2.24) is 29.0 Å². The Bertz CT molecular complexity index is 1780. The van der Waals surface area contributed by atoms with Gasteiger partial charge in [-0.15, -0.1) is 0 Å². The molecule has 42 heavy (non-hydrogen) atoms. The minimum absolute atomic E-state index is 0.176. The van der Waals surface area contributed by atoms with Gasteiger partial charge >= 0.3 is 5.69 Å². The molecular formula is C31H32N8O3. The maximum atomic E-state index is 14.0. The Balaban J connectivity index is 1.32. The van der Waals surface area contributed by atoms with Crippen LogP contribution in [0.15, 0.2) is 96.2 Å². The second kappa shape index (κ2) is 11.5. The fraction of sp³-hybridized carbons (Fsp3) is 0.226.